The first-order chi connectivity index (χ1) is 16.7. The molecule has 7 heteroatoms. The number of benzene rings is 2. The van der Waals surface area contributed by atoms with E-state index in [1.54, 1.807) is 18.0 Å². The van der Waals surface area contributed by atoms with Crippen LogP contribution in [0.2, 0.25) is 0 Å². The van der Waals surface area contributed by atoms with Crippen molar-refractivity contribution in [3.8, 4) is 16.9 Å². The van der Waals surface area contributed by atoms with Crippen LogP contribution in [0.4, 0.5) is 0 Å². The van der Waals surface area contributed by atoms with E-state index in [0.717, 1.165) is 53.5 Å². The summed E-state index contributed by atoms with van der Waals surface area (Å²) >= 11 is 0. The van der Waals surface area contributed by atoms with E-state index in [1.807, 2.05) is 35.3 Å². The van der Waals surface area contributed by atoms with Crippen LogP contribution in [0.3, 0.4) is 0 Å². The van der Waals surface area contributed by atoms with Crippen molar-refractivity contribution in [2.24, 2.45) is 0 Å². The maximum atomic E-state index is 13.5. The van der Waals surface area contributed by atoms with Gasteiger partial charge in [0.25, 0.3) is 5.56 Å². The highest BCUT2D eigenvalue weighted by molar-refractivity contribution is 5.93. The van der Waals surface area contributed by atoms with Crippen molar-refractivity contribution in [2.45, 2.75) is 44.4 Å². The molecule has 0 N–H and O–H groups in total. The molecule has 7 nitrogen and oxygen atoms in total. The highest BCUT2D eigenvalue weighted by Crippen LogP contribution is 2.33. The Kier molecular flexibility index (Phi) is 5.26. The molecule has 0 amide bonds. The summed E-state index contributed by atoms with van der Waals surface area (Å²) in [6, 6.07) is 18.4. The van der Waals surface area contributed by atoms with Gasteiger partial charge in [0, 0.05) is 37.6 Å². The number of para-hydroxylation sites is 1. The molecule has 6 rings (SSSR count). The van der Waals surface area contributed by atoms with Crippen LogP contribution in [0.5, 0.6) is 0 Å². The third-order valence-corrected chi connectivity index (χ3v) is 7.00. The maximum Gasteiger partial charge on any atom is 0.278 e. The fraction of sp³-hybridized carbons (Fsp3) is 0.296. The number of methoxy groups -OCH3 is 1. The highest BCUT2D eigenvalue weighted by atomic mass is 16.5. The van der Waals surface area contributed by atoms with E-state index >= 15 is 0 Å². The summed E-state index contributed by atoms with van der Waals surface area (Å²) in [5, 5.41) is 10.1. The van der Waals surface area contributed by atoms with Gasteiger partial charge in [-0.25, -0.2) is 9.36 Å². The summed E-state index contributed by atoms with van der Waals surface area (Å²) in [6.45, 7) is 0.657. The first-order valence-corrected chi connectivity index (χ1v) is 11.8. The standard InChI is InChI=1S/C27H27N5O2/c1-34-25-10-5-4-9-24(25)32-27(33)22-18-30(23-8-3-2-7-21(23)26(22)29-32)17-19-11-13-20(14-12-19)31-16-6-15-28-31/h2-3,6-8,11-16,18,24-25H,4-5,9-10,17H2,1H3. The van der Waals surface area contributed by atoms with Gasteiger partial charge >= 0.3 is 0 Å². The van der Waals surface area contributed by atoms with Gasteiger partial charge in [0.05, 0.1) is 28.9 Å². The number of nitrogens with zero attached hydrogens (tertiary/aromatic N) is 5. The van der Waals surface area contributed by atoms with Crippen LogP contribution in [-0.2, 0) is 11.3 Å². The number of rotatable bonds is 5. The minimum absolute atomic E-state index is 0.0132. The van der Waals surface area contributed by atoms with Crippen molar-refractivity contribution in [1.82, 2.24) is 24.1 Å². The summed E-state index contributed by atoms with van der Waals surface area (Å²) in [7, 11) is 1.73. The van der Waals surface area contributed by atoms with Crippen LogP contribution < -0.4 is 5.56 Å². The first kappa shape index (κ1) is 20.9. The summed E-state index contributed by atoms with van der Waals surface area (Å²) in [5.41, 5.74) is 4.62. The molecule has 2 aliphatic heterocycles. The second-order valence-corrected chi connectivity index (χ2v) is 9.03. The molecule has 0 radical (unpaired) electrons. The molecule has 0 bridgehead atoms. The fourth-order valence-corrected chi connectivity index (χ4v) is 5.26. The van der Waals surface area contributed by atoms with Gasteiger partial charge in [-0.1, -0.05) is 43.2 Å². The number of ether oxygens (including phenoxy) is 1. The Labute approximate surface area is 197 Å². The molecule has 34 heavy (non-hydrogen) atoms. The molecule has 1 saturated carbocycles. The average molecular weight is 454 g/mol. The molecule has 2 unspecified atom stereocenters. The van der Waals surface area contributed by atoms with E-state index in [-0.39, 0.29) is 17.7 Å². The summed E-state index contributed by atoms with van der Waals surface area (Å²) in [5.74, 6) is 0. The van der Waals surface area contributed by atoms with Gasteiger partial charge in [-0.05, 0) is 42.7 Å². The lowest BCUT2D eigenvalue weighted by Gasteiger charge is -2.29. The van der Waals surface area contributed by atoms with Gasteiger partial charge in [-0.15, -0.1) is 0 Å². The largest absolute Gasteiger partial charge is 0.379 e. The molecule has 2 aromatic carbocycles. The van der Waals surface area contributed by atoms with Crippen LogP contribution in [0.25, 0.3) is 27.8 Å². The van der Waals surface area contributed by atoms with Crippen LogP contribution in [-0.4, -0.2) is 37.3 Å². The van der Waals surface area contributed by atoms with Gasteiger partial charge in [0.1, 0.15) is 5.69 Å². The summed E-state index contributed by atoms with van der Waals surface area (Å²) in [4.78, 5) is 13.5. The molecule has 3 aliphatic rings. The maximum absolute atomic E-state index is 13.5. The molecule has 1 aliphatic carbocycles. The van der Waals surface area contributed by atoms with Gasteiger partial charge in [0.15, 0.2) is 0 Å². The van der Waals surface area contributed by atoms with Crippen molar-refractivity contribution < 1.29 is 4.74 Å². The Morgan fingerprint density at radius 3 is 2.65 bits per heavy atom. The summed E-state index contributed by atoms with van der Waals surface area (Å²) in [6.07, 6.45) is 9.81. The van der Waals surface area contributed by atoms with E-state index in [9.17, 15) is 4.79 Å². The van der Waals surface area contributed by atoms with Crippen LogP contribution >= 0.6 is 0 Å². The van der Waals surface area contributed by atoms with Gasteiger partial charge in [-0.2, -0.15) is 10.2 Å². The number of hydrogen-bond acceptors (Lipinski definition) is 4. The Bertz CT molecular complexity index is 1450. The van der Waals surface area contributed by atoms with Crippen molar-refractivity contribution in [2.75, 3.05) is 7.11 Å². The zero-order chi connectivity index (χ0) is 23.1. The van der Waals surface area contributed by atoms with Crippen molar-refractivity contribution >= 4 is 10.9 Å². The monoisotopic (exact) mass is 453 g/mol. The molecule has 3 heterocycles. The summed E-state index contributed by atoms with van der Waals surface area (Å²) < 4.78 is 11.4. The molecule has 2 atom stereocenters. The molecule has 0 saturated heterocycles. The highest BCUT2D eigenvalue weighted by Gasteiger charge is 2.31. The first-order valence-electron chi connectivity index (χ1n) is 11.8. The minimum atomic E-state index is -0.0301. The van der Waals surface area contributed by atoms with Crippen LogP contribution in [0.15, 0.2) is 78.0 Å². The third-order valence-electron chi connectivity index (χ3n) is 7.00. The smallest absolute Gasteiger partial charge is 0.278 e. The second kappa shape index (κ2) is 8.57. The molecule has 1 aromatic heterocycles. The molecular formula is C27H27N5O2. The molecular weight excluding hydrogens is 426 g/mol. The van der Waals surface area contributed by atoms with Crippen LogP contribution in [0.1, 0.15) is 37.3 Å². The van der Waals surface area contributed by atoms with Gasteiger partial charge < -0.3 is 9.30 Å². The lowest BCUT2D eigenvalue weighted by atomic mass is 9.92. The Balaban J connectivity index is 1.43. The lowest BCUT2D eigenvalue weighted by Crippen LogP contribution is -2.34. The number of pyridine rings is 1. The second-order valence-electron chi connectivity index (χ2n) is 9.03. The fourth-order valence-electron chi connectivity index (χ4n) is 5.26. The molecule has 1 fully saturated rings. The van der Waals surface area contributed by atoms with E-state index in [1.165, 1.54) is 0 Å². The van der Waals surface area contributed by atoms with Crippen molar-refractivity contribution in [3.05, 3.63) is 89.1 Å². The SMILES string of the molecule is COC1CCCCC1n1nc2c3ccccc3n(Cc3ccc(-n4cccn4)cc3)cc-2c1=O. The molecule has 0 spiro atoms. The Morgan fingerprint density at radius 2 is 1.85 bits per heavy atom. The predicted molar refractivity (Wildman–Crippen MR) is 132 cm³/mol. The number of hydrogen-bond donors (Lipinski definition) is 0. The molecule has 172 valence electrons. The third kappa shape index (κ3) is 3.53. The number of aromatic nitrogens is 5. The van der Waals surface area contributed by atoms with E-state index < -0.39 is 0 Å². The molecule has 3 aromatic rings. The normalized spacial score (nSPS) is 18.6. The Morgan fingerprint density at radius 1 is 1.03 bits per heavy atom. The van der Waals surface area contributed by atoms with Crippen molar-refractivity contribution in [1.29, 1.82) is 0 Å². The quantitative estimate of drug-likeness (QED) is 0.388. The topological polar surface area (TPSA) is 66.9 Å². The van der Waals surface area contributed by atoms with Crippen LogP contribution in [0, 0.1) is 0 Å². The van der Waals surface area contributed by atoms with E-state index in [0.29, 0.717) is 12.1 Å². The predicted octanol–water partition coefficient (Wildman–Crippen LogP) is 4.67. The van der Waals surface area contributed by atoms with E-state index in [2.05, 4.69) is 46.1 Å². The zero-order valence-electron chi connectivity index (χ0n) is 19.2. The average Bonchev–Trinajstić information content (AvgIpc) is 3.54. The minimum Gasteiger partial charge on any atom is -0.379 e. The van der Waals surface area contributed by atoms with Gasteiger partial charge in [0.2, 0.25) is 0 Å². The van der Waals surface area contributed by atoms with Gasteiger partial charge in [-0.3, -0.25) is 4.79 Å². The van der Waals surface area contributed by atoms with E-state index in [4.69, 9.17) is 9.84 Å². The Hall–Kier alpha value is -3.71. The lowest BCUT2D eigenvalue weighted by molar-refractivity contribution is 0.0236. The number of fused-ring (bicyclic) bond motifs is 3. The van der Waals surface area contributed by atoms with Crippen molar-refractivity contribution in [3.63, 3.8) is 0 Å². The zero-order valence-corrected chi connectivity index (χ0v) is 19.2.